The van der Waals surface area contributed by atoms with Crippen LogP contribution in [0.3, 0.4) is 0 Å². The molecule has 0 saturated carbocycles. The van der Waals surface area contributed by atoms with Crippen LogP contribution in [0.2, 0.25) is 0 Å². The molecule has 1 atom stereocenters. The Morgan fingerprint density at radius 3 is 3.07 bits per heavy atom. The summed E-state index contributed by atoms with van der Waals surface area (Å²) in [5.74, 6) is -0.0621. The summed E-state index contributed by atoms with van der Waals surface area (Å²) < 4.78 is 3.40. The van der Waals surface area contributed by atoms with Crippen LogP contribution in [0.4, 0.5) is 0 Å². The van der Waals surface area contributed by atoms with E-state index in [1.54, 1.807) is 6.07 Å². The third kappa shape index (κ3) is 3.25. The third-order valence-electron chi connectivity index (χ3n) is 5.35. The van der Waals surface area contributed by atoms with Gasteiger partial charge in [-0.1, -0.05) is 12.1 Å². The normalized spacial score (nSPS) is 16.3. The molecule has 0 saturated heterocycles. The van der Waals surface area contributed by atoms with Crippen molar-refractivity contribution in [3.8, 4) is 0 Å². The second kappa shape index (κ2) is 6.98. The molecule has 4 rings (SSSR count). The minimum atomic E-state index is -0.108. The molecule has 1 aromatic carbocycles. The zero-order chi connectivity index (χ0) is 19.0. The van der Waals surface area contributed by atoms with Crippen LogP contribution in [0, 0.1) is 6.92 Å². The Balaban J connectivity index is 1.45. The highest BCUT2D eigenvalue weighted by atomic mass is 16.2. The Morgan fingerprint density at radius 2 is 2.22 bits per heavy atom. The van der Waals surface area contributed by atoms with Gasteiger partial charge in [0.2, 0.25) is 5.91 Å². The summed E-state index contributed by atoms with van der Waals surface area (Å²) in [5.41, 5.74) is 3.88. The predicted octanol–water partition coefficient (Wildman–Crippen LogP) is 2.02. The molecule has 2 heterocycles. The largest absolute Gasteiger partial charge is 0.349 e. The maximum Gasteiger partial charge on any atom is 0.261 e. The van der Waals surface area contributed by atoms with Crippen LogP contribution in [-0.4, -0.2) is 25.2 Å². The first-order chi connectivity index (χ1) is 13.0. The first-order valence-electron chi connectivity index (χ1n) is 9.29. The molecule has 27 heavy (non-hydrogen) atoms. The summed E-state index contributed by atoms with van der Waals surface area (Å²) in [6, 6.07) is 5.57. The van der Waals surface area contributed by atoms with E-state index < -0.39 is 0 Å². The minimum absolute atomic E-state index is 0.00375. The number of hydrogen-bond acceptors (Lipinski definition) is 4. The van der Waals surface area contributed by atoms with Gasteiger partial charge in [0.1, 0.15) is 0 Å². The van der Waals surface area contributed by atoms with Crippen LogP contribution in [0.5, 0.6) is 0 Å². The van der Waals surface area contributed by atoms with Gasteiger partial charge in [0.25, 0.3) is 5.56 Å². The number of hydrogen-bond donors (Lipinski definition) is 1. The molecule has 0 spiro atoms. The van der Waals surface area contributed by atoms with Crippen molar-refractivity contribution in [1.82, 2.24) is 24.6 Å². The van der Waals surface area contributed by atoms with Gasteiger partial charge in [-0.25, -0.2) is 4.98 Å². The van der Waals surface area contributed by atoms with Gasteiger partial charge >= 0.3 is 0 Å². The molecule has 1 aliphatic carbocycles. The van der Waals surface area contributed by atoms with Crippen molar-refractivity contribution in [2.45, 2.75) is 45.2 Å². The van der Waals surface area contributed by atoms with Crippen molar-refractivity contribution < 1.29 is 4.79 Å². The number of rotatable bonds is 4. The molecule has 7 nitrogen and oxygen atoms in total. The fraction of sp³-hybridized carbons (Fsp3) is 0.400. The zero-order valence-electron chi connectivity index (χ0n) is 15.6. The van der Waals surface area contributed by atoms with Gasteiger partial charge < -0.3 is 5.32 Å². The van der Waals surface area contributed by atoms with E-state index in [2.05, 4.69) is 15.4 Å². The molecule has 0 aliphatic heterocycles. The van der Waals surface area contributed by atoms with E-state index >= 15 is 0 Å². The first kappa shape index (κ1) is 17.5. The van der Waals surface area contributed by atoms with E-state index in [4.69, 9.17) is 0 Å². The van der Waals surface area contributed by atoms with Crippen molar-refractivity contribution >= 4 is 16.8 Å². The van der Waals surface area contributed by atoms with Gasteiger partial charge in [0.05, 0.1) is 29.5 Å². The summed E-state index contributed by atoms with van der Waals surface area (Å²) in [5, 5.41) is 7.99. The number of carbonyl (C=O) groups is 1. The summed E-state index contributed by atoms with van der Waals surface area (Å²) in [7, 11) is 1.93. The van der Waals surface area contributed by atoms with E-state index in [-0.39, 0.29) is 23.9 Å². The predicted molar refractivity (Wildman–Crippen MR) is 102 cm³/mol. The minimum Gasteiger partial charge on any atom is -0.349 e. The molecule has 7 heteroatoms. The van der Waals surface area contributed by atoms with Crippen LogP contribution in [0.1, 0.15) is 42.1 Å². The third-order valence-corrected chi connectivity index (χ3v) is 5.35. The molecule has 0 radical (unpaired) electrons. The van der Waals surface area contributed by atoms with Crippen LogP contribution < -0.4 is 10.9 Å². The van der Waals surface area contributed by atoms with Crippen molar-refractivity contribution in [1.29, 1.82) is 0 Å². The van der Waals surface area contributed by atoms with Crippen molar-refractivity contribution in [2.24, 2.45) is 7.05 Å². The summed E-state index contributed by atoms with van der Waals surface area (Å²) in [6.45, 7) is 2.25. The van der Waals surface area contributed by atoms with E-state index in [9.17, 15) is 9.59 Å². The quantitative estimate of drug-likeness (QED) is 0.767. The zero-order valence-corrected chi connectivity index (χ0v) is 15.6. The number of benzene rings is 1. The molecule has 2 aromatic heterocycles. The van der Waals surface area contributed by atoms with Crippen molar-refractivity contribution in [3.63, 3.8) is 0 Å². The van der Waals surface area contributed by atoms with Crippen molar-refractivity contribution in [2.75, 3.05) is 0 Å². The second-order valence-corrected chi connectivity index (χ2v) is 7.15. The van der Waals surface area contributed by atoms with Gasteiger partial charge in [0, 0.05) is 31.3 Å². The Bertz CT molecular complexity index is 1070. The SMILES string of the molecule is Cc1cccc2c(=O)n(CCC(=O)NC3CCCc4c3cnn4C)cnc12. The molecule has 1 N–H and O–H groups in total. The van der Waals surface area contributed by atoms with E-state index in [1.165, 1.54) is 16.6 Å². The number of amides is 1. The number of nitrogens with one attached hydrogen (secondary N) is 1. The maximum absolute atomic E-state index is 12.6. The lowest BCUT2D eigenvalue weighted by Crippen LogP contribution is -2.32. The molecule has 0 fully saturated rings. The Kier molecular flexibility index (Phi) is 4.51. The van der Waals surface area contributed by atoms with E-state index in [0.29, 0.717) is 11.9 Å². The Morgan fingerprint density at radius 1 is 1.37 bits per heavy atom. The van der Waals surface area contributed by atoms with E-state index in [1.807, 2.05) is 37.0 Å². The molecule has 1 unspecified atom stereocenters. The average molecular weight is 365 g/mol. The lowest BCUT2D eigenvalue weighted by Gasteiger charge is -2.23. The molecule has 1 amide bonds. The van der Waals surface area contributed by atoms with Gasteiger partial charge in [-0.3, -0.25) is 18.8 Å². The molecule has 140 valence electrons. The summed E-state index contributed by atoms with van der Waals surface area (Å²) in [6.07, 6.45) is 6.57. The molecule has 0 bridgehead atoms. The van der Waals surface area contributed by atoms with Gasteiger partial charge in [0.15, 0.2) is 0 Å². The standard InChI is InChI=1S/C20H23N5O2/c1-13-5-3-6-14-19(13)21-12-25(20(14)27)10-9-18(26)23-16-7-4-8-17-15(16)11-22-24(17)2/h3,5-6,11-12,16H,4,7-10H2,1-2H3,(H,23,26). The fourth-order valence-corrected chi connectivity index (χ4v) is 3.84. The summed E-state index contributed by atoms with van der Waals surface area (Å²) >= 11 is 0. The smallest absolute Gasteiger partial charge is 0.261 e. The van der Waals surface area contributed by atoms with Crippen molar-refractivity contribution in [3.05, 3.63) is 57.9 Å². The Hall–Kier alpha value is -2.96. The highest BCUT2D eigenvalue weighted by molar-refractivity contribution is 5.80. The number of aryl methyl sites for hydroxylation is 3. The Labute approximate surface area is 157 Å². The van der Waals surface area contributed by atoms with Crippen LogP contribution >= 0.6 is 0 Å². The number of aromatic nitrogens is 4. The highest BCUT2D eigenvalue weighted by Crippen LogP contribution is 2.29. The lowest BCUT2D eigenvalue weighted by molar-refractivity contribution is -0.122. The van der Waals surface area contributed by atoms with Gasteiger partial charge in [-0.2, -0.15) is 5.10 Å². The average Bonchev–Trinajstić information content (AvgIpc) is 3.04. The lowest BCUT2D eigenvalue weighted by atomic mass is 9.93. The highest BCUT2D eigenvalue weighted by Gasteiger charge is 2.24. The second-order valence-electron chi connectivity index (χ2n) is 7.15. The first-order valence-corrected chi connectivity index (χ1v) is 9.29. The summed E-state index contributed by atoms with van der Waals surface area (Å²) in [4.78, 5) is 29.5. The molecule has 3 aromatic rings. The topological polar surface area (TPSA) is 81.8 Å². The molecular formula is C20H23N5O2. The van der Waals surface area contributed by atoms with Crippen LogP contribution in [0.15, 0.2) is 35.5 Å². The van der Waals surface area contributed by atoms with Gasteiger partial charge in [-0.15, -0.1) is 0 Å². The monoisotopic (exact) mass is 365 g/mol. The number of nitrogens with zero attached hydrogens (tertiary/aromatic N) is 4. The fourth-order valence-electron chi connectivity index (χ4n) is 3.84. The van der Waals surface area contributed by atoms with Crippen LogP contribution in [-0.2, 0) is 24.8 Å². The molecular weight excluding hydrogens is 342 g/mol. The number of carbonyl (C=O) groups excluding carboxylic acids is 1. The van der Waals surface area contributed by atoms with Gasteiger partial charge in [-0.05, 0) is 37.8 Å². The number of fused-ring (bicyclic) bond motifs is 2. The van der Waals surface area contributed by atoms with Crippen LogP contribution in [0.25, 0.3) is 10.9 Å². The maximum atomic E-state index is 12.6. The number of para-hydroxylation sites is 1. The molecule has 1 aliphatic rings. The van der Waals surface area contributed by atoms with E-state index in [0.717, 1.165) is 35.9 Å².